The lowest BCUT2D eigenvalue weighted by Crippen LogP contribution is -2.42. The molecule has 1 aromatic carbocycles. The van der Waals surface area contributed by atoms with Gasteiger partial charge in [-0.2, -0.15) is 0 Å². The quantitative estimate of drug-likeness (QED) is 0.756. The van der Waals surface area contributed by atoms with Crippen molar-refractivity contribution in [2.24, 2.45) is 0 Å². The van der Waals surface area contributed by atoms with E-state index in [2.05, 4.69) is 5.32 Å². The normalized spacial score (nSPS) is 11.8. The molecule has 1 rings (SSSR count). The fourth-order valence-corrected chi connectivity index (χ4v) is 2.01. The first kappa shape index (κ1) is 17.3. The van der Waals surface area contributed by atoms with E-state index in [1.807, 2.05) is 0 Å². The first-order valence-corrected chi connectivity index (χ1v) is 6.83. The average molecular weight is 315 g/mol. The molecule has 0 saturated carbocycles. The van der Waals surface area contributed by atoms with Gasteiger partial charge in [0.15, 0.2) is 6.04 Å². The molecule has 2 amide bonds. The van der Waals surface area contributed by atoms with Crippen LogP contribution in [0.2, 0.25) is 5.02 Å². The Morgan fingerprint density at radius 3 is 2.67 bits per heavy atom. The maximum absolute atomic E-state index is 12.0. The minimum Gasteiger partial charge on any atom is -0.479 e. The zero-order valence-electron chi connectivity index (χ0n) is 12.0. The number of hydrogen-bond acceptors (Lipinski definition) is 3. The summed E-state index contributed by atoms with van der Waals surface area (Å²) >= 11 is 5.98. The second kappa shape index (κ2) is 8.49. The highest BCUT2D eigenvalue weighted by atomic mass is 35.5. The number of halogens is 1. The molecule has 6 nitrogen and oxygen atoms in total. The van der Waals surface area contributed by atoms with Gasteiger partial charge in [-0.05, 0) is 12.5 Å². The predicted molar refractivity (Wildman–Crippen MR) is 79.5 cm³/mol. The van der Waals surface area contributed by atoms with Gasteiger partial charge in [0, 0.05) is 37.9 Å². The van der Waals surface area contributed by atoms with E-state index in [-0.39, 0.29) is 0 Å². The van der Waals surface area contributed by atoms with Crippen LogP contribution >= 0.6 is 11.6 Å². The molecule has 7 heteroatoms. The molecule has 0 aromatic heterocycles. The van der Waals surface area contributed by atoms with Crippen LogP contribution in [0.1, 0.15) is 18.0 Å². The van der Waals surface area contributed by atoms with E-state index in [4.69, 9.17) is 16.3 Å². The number of carboxylic acids is 1. The molecule has 2 N–H and O–H groups in total. The Bertz CT molecular complexity index is 496. The molecular weight excluding hydrogens is 296 g/mol. The zero-order chi connectivity index (χ0) is 15.8. The molecule has 21 heavy (non-hydrogen) atoms. The Morgan fingerprint density at radius 2 is 2.10 bits per heavy atom. The van der Waals surface area contributed by atoms with Crippen molar-refractivity contribution >= 4 is 23.6 Å². The van der Waals surface area contributed by atoms with E-state index in [9.17, 15) is 14.7 Å². The summed E-state index contributed by atoms with van der Waals surface area (Å²) in [6, 6.07) is 4.87. The maximum atomic E-state index is 12.0. The third kappa shape index (κ3) is 5.24. The van der Waals surface area contributed by atoms with Gasteiger partial charge in [0.2, 0.25) is 0 Å². The third-order valence-corrected chi connectivity index (χ3v) is 3.26. The van der Waals surface area contributed by atoms with E-state index in [0.29, 0.717) is 30.2 Å². The van der Waals surface area contributed by atoms with Crippen LogP contribution in [-0.4, -0.2) is 49.3 Å². The van der Waals surface area contributed by atoms with Crippen molar-refractivity contribution in [3.8, 4) is 0 Å². The molecule has 0 saturated heterocycles. The van der Waals surface area contributed by atoms with Gasteiger partial charge >= 0.3 is 12.0 Å². The topological polar surface area (TPSA) is 78.9 Å². The molecule has 116 valence electrons. The molecule has 0 heterocycles. The lowest BCUT2D eigenvalue weighted by atomic mass is 10.1. The standard InChI is InChI=1S/C14H19ClN2O4/c1-17(8-5-9-21-2)14(20)16-12(13(18)19)10-6-3-4-7-11(10)15/h3-4,6-7,12H,5,8-9H2,1-2H3,(H,16,20)(H,18,19)/t12-/m1/s1. The van der Waals surface area contributed by atoms with Gasteiger partial charge in [0.05, 0.1) is 0 Å². The van der Waals surface area contributed by atoms with Crippen LogP contribution in [0.4, 0.5) is 4.79 Å². The first-order chi connectivity index (χ1) is 9.97. The number of aliphatic carboxylic acids is 1. The number of benzene rings is 1. The van der Waals surface area contributed by atoms with Crippen molar-refractivity contribution in [1.82, 2.24) is 10.2 Å². The van der Waals surface area contributed by atoms with Crippen molar-refractivity contribution < 1.29 is 19.4 Å². The van der Waals surface area contributed by atoms with E-state index >= 15 is 0 Å². The lowest BCUT2D eigenvalue weighted by molar-refractivity contribution is -0.139. The number of methoxy groups -OCH3 is 1. The number of hydrogen-bond donors (Lipinski definition) is 2. The highest BCUT2D eigenvalue weighted by molar-refractivity contribution is 6.31. The Labute approximate surface area is 128 Å². The third-order valence-electron chi connectivity index (χ3n) is 2.92. The number of urea groups is 1. The van der Waals surface area contributed by atoms with Crippen molar-refractivity contribution in [2.45, 2.75) is 12.5 Å². The zero-order valence-corrected chi connectivity index (χ0v) is 12.8. The van der Waals surface area contributed by atoms with Crippen molar-refractivity contribution in [3.05, 3.63) is 34.9 Å². The molecule has 0 aliphatic carbocycles. The minimum atomic E-state index is -1.18. The van der Waals surface area contributed by atoms with Crippen LogP contribution in [-0.2, 0) is 9.53 Å². The Morgan fingerprint density at radius 1 is 1.43 bits per heavy atom. The Kier molecular flexibility index (Phi) is 6.98. The number of carbonyl (C=O) groups excluding carboxylic acids is 1. The summed E-state index contributed by atoms with van der Waals surface area (Å²) in [7, 11) is 3.18. The van der Waals surface area contributed by atoms with Gasteiger partial charge in [-0.3, -0.25) is 0 Å². The maximum Gasteiger partial charge on any atom is 0.331 e. The van der Waals surface area contributed by atoms with Gasteiger partial charge in [0.1, 0.15) is 0 Å². The summed E-state index contributed by atoms with van der Waals surface area (Å²) in [5.41, 5.74) is 0.352. The molecule has 0 radical (unpaired) electrons. The number of rotatable bonds is 7. The average Bonchev–Trinajstić information content (AvgIpc) is 2.45. The highest BCUT2D eigenvalue weighted by Gasteiger charge is 2.25. The molecular formula is C14H19ClN2O4. The van der Waals surface area contributed by atoms with Gasteiger partial charge < -0.3 is 20.1 Å². The Hall–Kier alpha value is -1.79. The molecule has 0 unspecified atom stereocenters. The van der Waals surface area contributed by atoms with Crippen LogP contribution < -0.4 is 5.32 Å². The fraction of sp³-hybridized carbons (Fsp3) is 0.429. The van der Waals surface area contributed by atoms with E-state index in [0.717, 1.165) is 0 Å². The van der Waals surface area contributed by atoms with Crippen LogP contribution in [0.3, 0.4) is 0 Å². The van der Waals surface area contributed by atoms with Crippen LogP contribution in [0, 0.1) is 0 Å². The number of carbonyl (C=O) groups is 2. The number of nitrogens with zero attached hydrogens (tertiary/aromatic N) is 1. The minimum absolute atomic E-state index is 0.298. The van der Waals surface area contributed by atoms with Gasteiger partial charge in [0.25, 0.3) is 0 Å². The fourth-order valence-electron chi connectivity index (χ4n) is 1.76. The second-order valence-corrected chi connectivity index (χ2v) is 4.92. The molecule has 1 atom stereocenters. The number of nitrogens with one attached hydrogen (secondary N) is 1. The van der Waals surface area contributed by atoms with Crippen molar-refractivity contribution in [1.29, 1.82) is 0 Å². The lowest BCUT2D eigenvalue weighted by Gasteiger charge is -2.22. The van der Waals surface area contributed by atoms with Crippen molar-refractivity contribution in [3.63, 3.8) is 0 Å². The Balaban J connectivity index is 2.73. The highest BCUT2D eigenvalue weighted by Crippen LogP contribution is 2.23. The number of carboxylic acid groups (broad SMARTS) is 1. The van der Waals surface area contributed by atoms with Crippen LogP contribution in [0.5, 0.6) is 0 Å². The summed E-state index contributed by atoms with van der Waals surface area (Å²) in [4.78, 5) is 24.8. The van der Waals surface area contributed by atoms with E-state index in [1.165, 1.54) is 4.90 Å². The summed E-state index contributed by atoms with van der Waals surface area (Å²) in [6.07, 6.45) is 0.671. The second-order valence-electron chi connectivity index (χ2n) is 4.51. The number of amides is 2. The summed E-state index contributed by atoms with van der Waals surface area (Å²) in [6.45, 7) is 0.999. The van der Waals surface area contributed by atoms with Crippen LogP contribution in [0.15, 0.2) is 24.3 Å². The first-order valence-electron chi connectivity index (χ1n) is 6.45. The molecule has 0 aliphatic heterocycles. The molecule has 0 aliphatic rings. The van der Waals surface area contributed by atoms with Crippen molar-refractivity contribution in [2.75, 3.05) is 27.3 Å². The van der Waals surface area contributed by atoms with Gasteiger partial charge in [-0.1, -0.05) is 29.8 Å². The summed E-state index contributed by atoms with van der Waals surface area (Å²) in [5, 5.41) is 12.0. The van der Waals surface area contributed by atoms with Gasteiger partial charge in [-0.15, -0.1) is 0 Å². The van der Waals surface area contributed by atoms with Crippen LogP contribution in [0.25, 0.3) is 0 Å². The summed E-state index contributed by atoms with van der Waals surface area (Å²) in [5.74, 6) is -1.17. The predicted octanol–water partition coefficient (Wildman–Crippen LogP) is 2.14. The smallest absolute Gasteiger partial charge is 0.331 e. The molecule has 0 fully saturated rings. The SMILES string of the molecule is COCCCN(C)C(=O)N[C@@H](C(=O)O)c1ccccc1Cl. The van der Waals surface area contributed by atoms with E-state index in [1.54, 1.807) is 38.4 Å². The molecule has 0 bridgehead atoms. The van der Waals surface area contributed by atoms with E-state index < -0.39 is 18.0 Å². The molecule has 0 spiro atoms. The largest absolute Gasteiger partial charge is 0.479 e. The number of ether oxygens (including phenoxy) is 1. The summed E-state index contributed by atoms with van der Waals surface area (Å²) < 4.78 is 4.91. The monoisotopic (exact) mass is 314 g/mol. The van der Waals surface area contributed by atoms with Gasteiger partial charge in [-0.25, -0.2) is 9.59 Å². The molecule has 1 aromatic rings.